The van der Waals surface area contributed by atoms with Gasteiger partial charge in [0.1, 0.15) is 0 Å². The van der Waals surface area contributed by atoms with E-state index in [1.807, 2.05) is 55.3 Å². The van der Waals surface area contributed by atoms with Gasteiger partial charge in [-0.3, -0.25) is 9.69 Å². The summed E-state index contributed by atoms with van der Waals surface area (Å²) in [6, 6.07) is 13.9. The van der Waals surface area contributed by atoms with Crippen molar-refractivity contribution in [2.75, 3.05) is 18.9 Å². The van der Waals surface area contributed by atoms with Crippen molar-refractivity contribution in [3.63, 3.8) is 0 Å². The predicted octanol–water partition coefficient (Wildman–Crippen LogP) is 4.59. The van der Waals surface area contributed by atoms with Gasteiger partial charge in [-0.05, 0) is 59.2 Å². The first-order chi connectivity index (χ1) is 10.5. The lowest BCUT2D eigenvalue weighted by Gasteiger charge is -2.17. The van der Waals surface area contributed by atoms with E-state index in [9.17, 15) is 4.79 Å². The van der Waals surface area contributed by atoms with Crippen molar-refractivity contribution >= 4 is 43.5 Å². The van der Waals surface area contributed by atoms with Crippen LogP contribution in [0, 0.1) is 6.92 Å². The summed E-state index contributed by atoms with van der Waals surface area (Å²) in [6.45, 7) is 3.06. The van der Waals surface area contributed by atoms with E-state index in [1.54, 1.807) is 0 Å². The van der Waals surface area contributed by atoms with Gasteiger partial charge in [0, 0.05) is 15.5 Å². The van der Waals surface area contributed by atoms with Crippen molar-refractivity contribution in [2.45, 2.75) is 13.5 Å². The van der Waals surface area contributed by atoms with E-state index in [4.69, 9.17) is 0 Å². The molecule has 1 amide bonds. The van der Waals surface area contributed by atoms with Gasteiger partial charge in [-0.15, -0.1) is 0 Å². The summed E-state index contributed by atoms with van der Waals surface area (Å²) in [4.78, 5) is 14.1. The van der Waals surface area contributed by atoms with E-state index >= 15 is 0 Å². The molecule has 0 spiro atoms. The molecule has 0 saturated carbocycles. The van der Waals surface area contributed by atoms with Crippen LogP contribution in [0.25, 0.3) is 0 Å². The number of carbonyl (C=O) groups is 1. The van der Waals surface area contributed by atoms with Gasteiger partial charge in [0.2, 0.25) is 5.91 Å². The molecule has 0 radical (unpaired) electrons. The van der Waals surface area contributed by atoms with Crippen LogP contribution in [0.15, 0.2) is 51.4 Å². The molecule has 2 rings (SSSR count). The van der Waals surface area contributed by atoms with Crippen LogP contribution in [-0.2, 0) is 11.3 Å². The van der Waals surface area contributed by atoms with Crippen molar-refractivity contribution in [1.29, 1.82) is 0 Å². The van der Waals surface area contributed by atoms with Crippen LogP contribution >= 0.6 is 31.9 Å². The largest absolute Gasteiger partial charge is 0.324 e. The minimum Gasteiger partial charge on any atom is -0.324 e. The van der Waals surface area contributed by atoms with E-state index in [0.717, 1.165) is 25.8 Å². The fraction of sp³-hybridized carbons (Fsp3) is 0.235. The Morgan fingerprint density at radius 1 is 1.14 bits per heavy atom. The Hall–Kier alpha value is -1.17. The maximum atomic E-state index is 12.1. The number of halogens is 2. The third kappa shape index (κ3) is 4.93. The van der Waals surface area contributed by atoms with Crippen molar-refractivity contribution in [2.24, 2.45) is 0 Å². The molecule has 116 valence electrons. The highest BCUT2D eigenvalue weighted by Crippen LogP contribution is 2.23. The molecule has 1 N–H and O–H groups in total. The van der Waals surface area contributed by atoms with Crippen LogP contribution in [0.4, 0.5) is 5.69 Å². The van der Waals surface area contributed by atoms with E-state index in [-0.39, 0.29) is 5.91 Å². The zero-order valence-corrected chi connectivity index (χ0v) is 15.7. The number of nitrogens with zero attached hydrogens (tertiary/aromatic N) is 1. The van der Waals surface area contributed by atoms with E-state index in [1.165, 1.54) is 0 Å². The molecule has 0 heterocycles. The number of carbonyl (C=O) groups excluding carboxylic acids is 1. The van der Waals surface area contributed by atoms with Gasteiger partial charge in [0.25, 0.3) is 0 Å². The molecule has 0 fully saturated rings. The van der Waals surface area contributed by atoms with Crippen LogP contribution in [0.2, 0.25) is 0 Å². The van der Waals surface area contributed by atoms with Crippen LogP contribution in [0.3, 0.4) is 0 Å². The molecule has 5 heteroatoms. The fourth-order valence-corrected chi connectivity index (χ4v) is 3.13. The summed E-state index contributed by atoms with van der Waals surface area (Å²) >= 11 is 7.00. The molecule has 0 bridgehead atoms. The highest BCUT2D eigenvalue weighted by Gasteiger charge is 2.10. The molecule has 3 nitrogen and oxygen atoms in total. The quantitative estimate of drug-likeness (QED) is 0.759. The lowest BCUT2D eigenvalue weighted by molar-refractivity contribution is -0.117. The Kier molecular flexibility index (Phi) is 6.17. The first-order valence-corrected chi connectivity index (χ1v) is 8.52. The topological polar surface area (TPSA) is 32.3 Å². The Bertz CT molecular complexity index is 673. The lowest BCUT2D eigenvalue weighted by atomic mass is 10.2. The Morgan fingerprint density at radius 3 is 2.55 bits per heavy atom. The Balaban J connectivity index is 1.93. The summed E-state index contributed by atoms with van der Waals surface area (Å²) in [5, 5.41) is 2.93. The van der Waals surface area contributed by atoms with Gasteiger partial charge in [-0.1, -0.05) is 40.2 Å². The number of hydrogen-bond acceptors (Lipinski definition) is 2. The molecular formula is C17H18Br2N2O. The number of hydrogen-bond donors (Lipinski definition) is 1. The zero-order chi connectivity index (χ0) is 16.1. The second kappa shape index (κ2) is 7.90. The van der Waals surface area contributed by atoms with Gasteiger partial charge >= 0.3 is 0 Å². The molecule has 0 aliphatic carbocycles. The van der Waals surface area contributed by atoms with Crippen LogP contribution in [-0.4, -0.2) is 24.4 Å². The monoisotopic (exact) mass is 424 g/mol. The highest BCUT2D eigenvalue weighted by atomic mass is 79.9. The maximum absolute atomic E-state index is 12.1. The molecular weight excluding hydrogens is 408 g/mol. The van der Waals surface area contributed by atoms with Crippen LogP contribution < -0.4 is 5.32 Å². The number of anilines is 1. The normalized spacial score (nSPS) is 10.8. The fourth-order valence-electron chi connectivity index (χ4n) is 2.13. The average Bonchev–Trinajstić information content (AvgIpc) is 2.44. The minimum absolute atomic E-state index is 0.0286. The van der Waals surface area contributed by atoms with Crippen molar-refractivity contribution in [3.8, 4) is 0 Å². The van der Waals surface area contributed by atoms with E-state index in [0.29, 0.717) is 13.1 Å². The summed E-state index contributed by atoms with van der Waals surface area (Å²) in [5.41, 5.74) is 3.11. The molecule has 2 aromatic carbocycles. The zero-order valence-electron chi connectivity index (χ0n) is 12.6. The smallest absolute Gasteiger partial charge is 0.238 e. The van der Waals surface area contributed by atoms with Crippen molar-refractivity contribution < 1.29 is 4.79 Å². The van der Waals surface area contributed by atoms with Crippen LogP contribution in [0.5, 0.6) is 0 Å². The lowest BCUT2D eigenvalue weighted by Crippen LogP contribution is -2.30. The molecule has 0 aliphatic rings. The Labute approximate surface area is 148 Å². The highest BCUT2D eigenvalue weighted by molar-refractivity contribution is 9.10. The molecule has 0 saturated heterocycles. The molecule has 2 aromatic rings. The molecule has 0 atom stereocenters. The number of likely N-dealkylation sites (N-methyl/N-ethyl adjacent to an activating group) is 1. The first kappa shape index (κ1) is 17.2. The van der Waals surface area contributed by atoms with Crippen molar-refractivity contribution in [1.82, 2.24) is 4.90 Å². The summed E-state index contributed by atoms with van der Waals surface area (Å²) in [6.07, 6.45) is 0. The van der Waals surface area contributed by atoms with E-state index < -0.39 is 0 Å². The van der Waals surface area contributed by atoms with Gasteiger partial charge < -0.3 is 5.32 Å². The molecule has 0 aliphatic heterocycles. The number of amides is 1. The third-order valence-corrected chi connectivity index (χ3v) is 4.64. The van der Waals surface area contributed by atoms with Gasteiger partial charge in [-0.2, -0.15) is 0 Å². The first-order valence-electron chi connectivity index (χ1n) is 6.93. The SMILES string of the molecule is Cc1ccc(NC(=O)CN(C)Cc2ccccc2Br)c(Br)c1. The van der Waals surface area contributed by atoms with Gasteiger partial charge in [0.05, 0.1) is 12.2 Å². The molecule has 0 aromatic heterocycles. The van der Waals surface area contributed by atoms with Crippen molar-refractivity contribution in [3.05, 3.63) is 62.5 Å². The predicted molar refractivity (Wildman–Crippen MR) is 98.0 cm³/mol. The minimum atomic E-state index is -0.0286. The van der Waals surface area contributed by atoms with Gasteiger partial charge in [0.15, 0.2) is 0 Å². The standard InChI is InChI=1S/C17H18Br2N2O/c1-12-7-8-16(15(19)9-12)20-17(22)11-21(2)10-13-5-3-4-6-14(13)18/h3-9H,10-11H2,1-2H3,(H,20,22). The summed E-state index contributed by atoms with van der Waals surface area (Å²) < 4.78 is 1.96. The molecule has 0 unspecified atom stereocenters. The summed E-state index contributed by atoms with van der Waals surface area (Å²) in [7, 11) is 1.93. The van der Waals surface area contributed by atoms with E-state index in [2.05, 4.69) is 43.2 Å². The number of benzene rings is 2. The molecule has 22 heavy (non-hydrogen) atoms. The summed E-state index contributed by atoms with van der Waals surface area (Å²) in [5.74, 6) is -0.0286. The van der Waals surface area contributed by atoms with Crippen LogP contribution in [0.1, 0.15) is 11.1 Å². The number of rotatable bonds is 5. The van der Waals surface area contributed by atoms with Gasteiger partial charge in [-0.25, -0.2) is 0 Å². The average molecular weight is 426 g/mol. The second-order valence-electron chi connectivity index (χ2n) is 5.30. The second-order valence-corrected chi connectivity index (χ2v) is 7.00. The number of aryl methyl sites for hydroxylation is 1. The maximum Gasteiger partial charge on any atom is 0.238 e. The third-order valence-electron chi connectivity index (χ3n) is 3.21. The number of nitrogens with one attached hydrogen (secondary N) is 1. The Morgan fingerprint density at radius 2 is 1.86 bits per heavy atom.